The van der Waals surface area contributed by atoms with Crippen LogP contribution in [0.25, 0.3) is 0 Å². The second-order valence-corrected chi connectivity index (χ2v) is 7.16. The Hall–Kier alpha value is -3.54. The molecule has 2 heterocycles. The van der Waals surface area contributed by atoms with E-state index in [1.807, 2.05) is 56.3 Å². The highest BCUT2D eigenvalue weighted by Crippen LogP contribution is 2.33. The topological polar surface area (TPSA) is 63.0 Å². The van der Waals surface area contributed by atoms with E-state index < -0.39 is 0 Å². The molecule has 0 spiro atoms. The molecule has 6 nitrogen and oxygen atoms in total. The van der Waals surface area contributed by atoms with E-state index in [0.29, 0.717) is 17.1 Å². The molecule has 0 radical (unpaired) electrons. The Morgan fingerprint density at radius 1 is 1.07 bits per heavy atom. The van der Waals surface area contributed by atoms with Crippen molar-refractivity contribution in [1.82, 2.24) is 0 Å². The van der Waals surface area contributed by atoms with Gasteiger partial charge in [-0.2, -0.15) is 0 Å². The molecule has 0 fully saturated rings. The van der Waals surface area contributed by atoms with Crippen LogP contribution < -0.4 is 14.5 Å². The number of rotatable bonds is 4. The Morgan fingerprint density at radius 3 is 2.59 bits per heavy atom. The second-order valence-electron chi connectivity index (χ2n) is 7.16. The number of nitrogens with zero attached hydrogens (tertiary/aromatic N) is 2. The van der Waals surface area contributed by atoms with Crippen LogP contribution in [-0.2, 0) is 11.4 Å². The van der Waals surface area contributed by atoms with Crippen LogP contribution >= 0.6 is 0 Å². The van der Waals surface area contributed by atoms with Gasteiger partial charge in [0, 0.05) is 7.05 Å². The molecule has 2 amide bonds. The molecule has 6 heteroatoms. The predicted molar refractivity (Wildman–Crippen MR) is 110 cm³/mol. The van der Waals surface area contributed by atoms with Crippen molar-refractivity contribution in [3.05, 3.63) is 77.2 Å². The highest BCUT2D eigenvalue weighted by Gasteiger charge is 2.32. The van der Waals surface area contributed by atoms with Crippen molar-refractivity contribution >= 4 is 23.2 Å². The molecule has 29 heavy (non-hydrogen) atoms. The molecule has 0 aliphatic carbocycles. The molecule has 1 aliphatic heterocycles. The summed E-state index contributed by atoms with van der Waals surface area (Å²) in [5, 5.41) is 0. The summed E-state index contributed by atoms with van der Waals surface area (Å²) < 4.78 is 11.5. The number of furan rings is 1. The fourth-order valence-corrected chi connectivity index (χ4v) is 3.43. The number of ether oxygens (including phenoxy) is 1. The number of hydrogen-bond acceptors (Lipinski definition) is 4. The van der Waals surface area contributed by atoms with E-state index in [2.05, 4.69) is 0 Å². The lowest BCUT2D eigenvalue weighted by molar-refractivity contribution is -0.117. The minimum atomic E-state index is -0.350. The van der Waals surface area contributed by atoms with Gasteiger partial charge < -0.3 is 14.1 Å². The molecule has 4 rings (SSSR count). The number of fused-ring (bicyclic) bond motifs is 1. The van der Waals surface area contributed by atoms with Gasteiger partial charge in [-0.3, -0.25) is 14.5 Å². The third-order valence-electron chi connectivity index (χ3n) is 5.02. The van der Waals surface area contributed by atoms with Crippen LogP contribution in [0, 0.1) is 13.8 Å². The van der Waals surface area contributed by atoms with Crippen LogP contribution in [0.2, 0.25) is 0 Å². The largest absolute Gasteiger partial charge is 0.485 e. The third-order valence-corrected chi connectivity index (χ3v) is 5.02. The van der Waals surface area contributed by atoms with Gasteiger partial charge in [0.05, 0.1) is 11.4 Å². The number of anilines is 2. The summed E-state index contributed by atoms with van der Waals surface area (Å²) >= 11 is 0. The molecule has 2 aromatic carbocycles. The van der Waals surface area contributed by atoms with Gasteiger partial charge in [0.1, 0.15) is 24.7 Å². The minimum absolute atomic E-state index is 0.0263. The zero-order valence-corrected chi connectivity index (χ0v) is 16.6. The first-order valence-electron chi connectivity index (χ1n) is 9.40. The van der Waals surface area contributed by atoms with Crippen molar-refractivity contribution in [3.8, 4) is 5.75 Å². The van der Waals surface area contributed by atoms with Gasteiger partial charge in [-0.1, -0.05) is 29.8 Å². The third kappa shape index (κ3) is 3.61. The van der Waals surface area contributed by atoms with Gasteiger partial charge in [0.2, 0.25) is 5.91 Å². The maximum atomic E-state index is 13.0. The standard InChI is InChI=1S/C23H22N2O4/c1-15-8-10-20(16(2)12-15)28-14-17-9-11-21(29-17)23(27)25-13-22(26)24(3)18-6-4-5-7-19(18)25/h4-12H,13-14H2,1-3H3. The maximum absolute atomic E-state index is 13.0. The Morgan fingerprint density at radius 2 is 1.83 bits per heavy atom. The van der Waals surface area contributed by atoms with E-state index in [0.717, 1.165) is 11.3 Å². The van der Waals surface area contributed by atoms with Crippen LogP contribution in [0.5, 0.6) is 5.75 Å². The number of amides is 2. The second kappa shape index (κ2) is 7.47. The molecule has 3 aromatic rings. The molecule has 0 N–H and O–H groups in total. The zero-order valence-electron chi connectivity index (χ0n) is 16.6. The van der Waals surface area contributed by atoms with Crippen LogP contribution in [0.15, 0.2) is 59.0 Å². The SMILES string of the molecule is Cc1ccc(OCc2ccc(C(=O)N3CC(=O)N(C)c4ccccc43)o2)c(C)c1. The van der Waals surface area contributed by atoms with Crippen molar-refractivity contribution < 1.29 is 18.7 Å². The molecule has 0 atom stereocenters. The summed E-state index contributed by atoms with van der Waals surface area (Å²) in [6, 6.07) is 16.6. The molecular weight excluding hydrogens is 368 g/mol. The molecule has 0 saturated heterocycles. The number of carbonyl (C=O) groups excluding carboxylic acids is 2. The van der Waals surface area contributed by atoms with Crippen molar-refractivity contribution in [2.24, 2.45) is 0 Å². The molecule has 148 valence electrons. The summed E-state index contributed by atoms with van der Waals surface area (Å²) in [6.07, 6.45) is 0. The molecule has 0 unspecified atom stereocenters. The van der Waals surface area contributed by atoms with E-state index in [1.54, 1.807) is 24.1 Å². The van der Waals surface area contributed by atoms with Crippen LogP contribution in [0.1, 0.15) is 27.4 Å². The summed E-state index contributed by atoms with van der Waals surface area (Å²) in [7, 11) is 1.71. The fourth-order valence-electron chi connectivity index (χ4n) is 3.43. The smallest absolute Gasteiger partial charge is 0.294 e. The summed E-state index contributed by atoms with van der Waals surface area (Å²) in [6.45, 7) is 4.21. The normalized spacial score (nSPS) is 13.4. The monoisotopic (exact) mass is 390 g/mol. The molecule has 1 aromatic heterocycles. The van der Waals surface area contributed by atoms with Crippen molar-refractivity contribution in [2.45, 2.75) is 20.5 Å². The number of likely N-dealkylation sites (N-methyl/N-ethyl adjacent to an activating group) is 1. The van der Waals surface area contributed by atoms with Crippen LogP contribution in [0.3, 0.4) is 0 Å². The summed E-state index contributed by atoms with van der Waals surface area (Å²) in [4.78, 5) is 28.3. The fraction of sp³-hybridized carbons (Fsp3) is 0.217. The zero-order chi connectivity index (χ0) is 20.5. The molecule has 0 bridgehead atoms. The van der Waals surface area contributed by atoms with Gasteiger partial charge in [0.15, 0.2) is 5.76 Å². The highest BCUT2D eigenvalue weighted by molar-refractivity contribution is 6.14. The molecule has 0 saturated carbocycles. The first kappa shape index (κ1) is 18.8. The number of aryl methyl sites for hydroxylation is 2. The van der Waals surface area contributed by atoms with Crippen molar-refractivity contribution in [3.63, 3.8) is 0 Å². The summed E-state index contributed by atoms with van der Waals surface area (Å²) in [5.74, 6) is 0.996. The first-order chi connectivity index (χ1) is 13.9. The lowest BCUT2D eigenvalue weighted by Crippen LogP contribution is -2.46. The van der Waals surface area contributed by atoms with Gasteiger partial charge in [-0.15, -0.1) is 0 Å². The number of carbonyl (C=O) groups is 2. The maximum Gasteiger partial charge on any atom is 0.294 e. The summed E-state index contributed by atoms with van der Waals surface area (Å²) in [5.41, 5.74) is 3.59. The van der Waals surface area contributed by atoms with E-state index in [9.17, 15) is 9.59 Å². The Bertz CT molecular complexity index is 1090. The number of hydrogen-bond donors (Lipinski definition) is 0. The first-order valence-corrected chi connectivity index (χ1v) is 9.40. The van der Waals surface area contributed by atoms with Gasteiger partial charge in [-0.05, 0) is 49.7 Å². The highest BCUT2D eigenvalue weighted by atomic mass is 16.5. The van der Waals surface area contributed by atoms with Crippen LogP contribution in [-0.4, -0.2) is 25.4 Å². The molecule has 1 aliphatic rings. The van der Waals surface area contributed by atoms with E-state index >= 15 is 0 Å². The Kier molecular flexibility index (Phi) is 4.84. The average Bonchev–Trinajstić information content (AvgIpc) is 3.18. The molecular formula is C23H22N2O4. The predicted octanol–water partition coefficient (Wildman–Crippen LogP) is 4.10. The number of benzene rings is 2. The average molecular weight is 390 g/mol. The lowest BCUT2D eigenvalue weighted by atomic mass is 10.1. The number of para-hydroxylation sites is 2. The Labute approximate surface area is 169 Å². The van der Waals surface area contributed by atoms with Crippen molar-refractivity contribution in [1.29, 1.82) is 0 Å². The lowest BCUT2D eigenvalue weighted by Gasteiger charge is -2.33. The Balaban J connectivity index is 1.51. The van der Waals surface area contributed by atoms with E-state index in [4.69, 9.17) is 9.15 Å². The van der Waals surface area contributed by atoms with E-state index in [1.165, 1.54) is 10.5 Å². The van der Waals surface area contributed by atoms with Crippen LogP contribution in [0.4, 0.5) is 11.4 Å². The van der Waals surface area contributed by atoms with Gasteiger partial charge in [-0.25, -0.2) is 0 Å². The van der Waals surface area contributed by atoms with Gasteiger partial charge in [0.25, 0.3) is 5.91 Å². The van der Waals surface area contributed by atoms with E-state index in [-0.39, 0.29) is 30.7 Å². The minimum Gasteiger partial charge on any atom is -0.485 e. The van der Waals surface area contributed by atoms with Crippen molar-refractivity contribution in [2.75, 3.05) is 23.4 Å². The quantitative estimate of drug-likeness (QED) is 0.673. The van der Waals surface area contributed by atoms with Gasteiger partial charge >= 0.3 is 0 Å².